The zero-order valence-electron chi connectivity index (χ0n) is 26.3. The van der Waals surface area contributed by atoms with Crippen molar-refractivity contribution in [1.82, 2.24) is 9.80 Å². The fourth-order valence-corrected chi connectivity index (χ4v) is 3.77. The molecule has 2 rings (SSSR count). The normalized spacial score (nSPS) is 10.2. The Balaban J connectivity index is 0.0000101. The number of rotatable bonds is 16. The Kier molecular flexibility index (Phi) is 19.1. The van der Waals surface area contributed by atoms with Crippen LogP contribution in [-0.2, 0) is 18.9 Å². The van der Waals surface area contributed by atoms with E-state index >= 15 is 0 Å². The van der Waals surface area contributed by atoms with E-state index < -0.39 is 24.1 Å². The molecule has 2 amide bonds. The number of likely N-dealkylation sites (N-methyl/N-ethyl adjacent to an activating group) is 2. The number of amides is 2. The second kappa shape index (κ2) is 22.2. The molecule has 0 aromatic heterocycles. The van der Waals surface area contributed by atoms with Crippen molar-refractivity contribution >= 4 is 47.9 Å². The lowest BCUT2D eigenvalue weighted by Crippen LogP contribution is -2.27. The monoisotopic (exact) mass is 646 g/mol. The molecule has 2 aromatic rings. The lowest BCUT2D eigenvalue weighted by Gasteiger charge is -2.17. The highest BCUT2D eigenvalue weighted by Gasteiger charge is 2.11. The molecule has 0 spiro atoms. The number of carbonyl (C=O) groups is 4. The predicted molar refractivity (Wildman–Crippen MR) is 174 cm³/mol. The Hall–Kier alpha value is -4.31. The Morgan fingerprint density at radius 1 is 0.578 bits per heavy atom. The number of ether oxygens (including phenoxy) is 4. The Morgan fingerprint density at radius 2 is 0.911 bits per heavy atom. The van der Waals surface area contributed by atoms with Gasteiger partial charge >= 0.3 is 24.1 Å². The Morgan fingerprint density at radius 3 is 1.22 bits per heavy atom. The van der Waals surface area contributed by atoms with Gasteiger partial charge < -0.3 is 28.7 Å². The molecule has 0 saturated carbocycles. The summed E-state index contributed by atoms with van der Waals surface area (Å²) in [6.07, 6.45) is -1.47. The summed E-state index contributed by atoms with van der Waals surface area (Å²) in [7, 11) is 0. The first-order valence-electron chi connectivity index (χ1n) is 14.6. The lowest BCUT2D eigenvalue weighted by atomic mass is 10.2. The molecule has 0 fully saturated rings. The number of halogens is 1. The van der Waals surface area contributed by atoms with Gasteiger partial charge in [0.1, 0.15) is 13.2 Å². The molecule has 0 saturated heterocycles. The maximum absolute atomic E-state index is 12.2. The van der Waals surface area contributed by atoms with Crippen LogP contribution in [0.4, 0.5) is 21.0 Å². The molecule has 2 aromatic carbocycles. The molecule has 0 aliphatic heterocycles. The summed E-state index contributed by atoms with van der Waals surface area (Å²) in [5.74, 6) is 4.28. The minimum absolute atomic E-state index is 0. The van der Waals surface area contributed by atoms with E-state index in [-0.39, 0.29) is 25.6 Å². The van der Waals surface area contributed by atoms with Crippen molar-refractivity contribution in [2.24, 2.45) is 0 Å². The molecular formula is C32H43ClN4O8. The number of anilines is 2. The molecular weight excluding hydrogens is 604 g/mol. The molecule has 246 valence electrons. The third kappa shape index (κ3) is 15.3. The molecule has 0 radical (unpaired) electrons. The predicted octanol–water partition coefficient (Wildman–Crippen LogP) is 4.91. The van der Waals surface area contributed by atoms with Crippen LogP contribution in [0.15, 0.2) is 48.5 Å². The van der Waals surface area contributed by atoms with Gasteiger partial charge in [-0.15, -0.1) is 12.4 Å². The molecule has 0 atom stereocenters. The largest absolute Gasteiger partial charge is 0.461 e. The van der Waals surface area contributed by atoms with Crippen molar-refractivity contribution in [3.8, 4) is 11.8 Å². The molecule has 12 nitrogen and oxygen atoms in total. The van der Waals surface area contributed by atoms with Gasteiger partial charge in [0.25, 0.3) is 0 Å². The maximum atomic E-state index is 12.2. The number of esters is 2. The van der Waals surface area contributed by atoms with Gasteiger partial charge in [-0.05, 0) is 74.7 Å². The lowest BCUT2D eigenvalue weighted by molar-refractivity contribution is 0.0457. The van der Waals surface area contributed by atoms with Gasteiger partial charge in [0.2, 0.25) is 0 Å². The molecule has 0 heterocycles. The zero-order valence-corrected chi connectivity index (χ0v) is 27.1. The van der Waals surface area contributed by atoms with Crippen LogP contribution in [0, 0.1) is 11.8 Å². The van der Waals surface area contributed by atoms with Gasteiger partial charge in [0.15, 0.2) is 13.2 Å². The zero-order chi connectivity index (χ0) is 32.2. The summed E-state index contributed by atoms with van der Waals surface area (Å²) in [4.78, 5) is 52.6. The summed E-state index contributed by atoms with van der Waals surface area (Å²) in [5, 5.41) is 5.07. The van der Waals surface area contributed by atoms with Crippen LogP contribution in [0.5, 0.6) is 0 Å². The van der Waals surface area contributed by atoms with E-state index in [0.29, 0.717) is 48.8 Å². The highest BCUT2D eigenvalue weighted by atomic mass is 35.5. The average molecular weight is 647 g/mol. The van der Waals surface area contributed by atoms with E-state index in [1.807, 2.05) is 27.7 Å². The fraction of sp³-hybridized carbons (Fsp3) is 0.438. The number of carbonyl (C=O) groups excluding carboxylic acids is 4. The van der Waals surface area contributed by atoms with Gasteiger partial charge in [-0.3, -0.25) is 10.6 Å². The number of hydrogen-bond acceptors (Lipinski definition) is 10. The molecule has 0 aliphatic carbocycles. The van der Waals surface area contributed by atoms with Crippen LogP contribution in [0.2, 0.25) is 0 Å². The summed E-state index contributed by atoms with van der Waals surface area (Å²) in [6.45, 7) is 13.2. The third-order valence-electron chi connectivity index (χ3n) is 6.48. The second-order valence-corrected chi connectivity index (χ2v) is 9.24. The van der Waals surface area contributed by atoms with Gasteiger partial charge in [-0.1, -0.05) is 39.5 Å². The minimum Gasteiger partial charge on any atom is -0.461 e. The molecule has 0 unspecified atom stereocenters. The number of hydrogen-bond donors (Lipinski definition) is 2. The van der Waals surface area contributed by atoms with E-state index in [9.17, 15) is 19.2 Å². The smallest absolute Gasteiger partial charge is 0.412 e. The van der Waals surface area contributed by atoms with Crippen LogP contribution in [0.25, 0.3) is 0 Å². The Labute approximate surface area is 271 Å². The second-order valence-electron chi connectivity index (χ2n) is 9.24. The first-order valence-corrected chi connectivity index (χ1v) is 14.6. The van der Waals surface area contributed by atoms with Crippen LogP contribution in [-0.4, -0.2) is 99.6 Å². The first kappa shape index (κ1) is 38.7. The molecule has 0 aliphatic rings. The topological polar surface area (TPSA) is 136 Å². The molecule has 0 bridgehead atoms. The van der Waals surface area contributed by atoms with Crippen molar-refractivity contribution < 1.29 is 38.1 Å². The third-order valence-corrected chi connectivity index (χ3v) is 6.48. The summed E-state index contributed by atoms with van der Waals surface area (Å²) in [6, 6.07) is 12.5. The van der Waals surface area contributed by atoms with E-state index in [2.05, 4.69) is 32.3 Å². The minimum atomic E-state index is -0.733. The fourth-order valence-electron chi connectivity index (χ4n) is 3.77. The Bertz CT molecular complexity index is 1160. The van der Waals surface area contributed by atoms with Crippen molar-refractivity contribution in [2.45, 2.75) is 27.7 Å². The molecule has 13 heteroatoms. The molecule has 2 N–H and O–H groups in total. The maximum Gasteiger partial charge on any atom is 0.412 e. The van der Waals surface area contributed by atoms with E-state index in [0.717, 1.165) is 26.2 Å². The summed E-state index contributed by atoms with van der Waals surface area (Å²) in [5.41, 5.74) is 1.61. The summed E-state index contributed by atoms with van der Waals surface area (Å²) < 4.78 is 20.5. The number of nitrogens with one attached hydrogen (secondary N) is 2. The van der Waals surface area contributed by atoms with Crippen LogP contribution < -0.4 is 10.6 Å². The van der Waals surface area contributed by atoms with Crippen LogP contribution in [0.1, 0.15) is 48.4 Å². The molecule has 45 heavy (non-hydrogen) atoms. The van der Waals surface area contributed by atoms with Crippen molar-refractivity contribution in [1.29, 1.82) is 0 Å². The van der Waals surface area contributed by atoms with Crippen molar-refractivity contribution in [2.75, 3.05) is 76.3 Å². The summed E-state index contributed by atoms with van der Waals surface area (Å²) >= 11 is 0. The van der Waals surface area contributed by atoms with Gasteiger partial charge in [-0.2, -0.15) is 0 Å². The quantitative estimate of drug-likeness (QED) is 0.147. The van der Waals surface area contributed by atoms with Crippen LogP contribution in [0.3, 0.4) is 0 Å². The van der Waals surface area contributed by atoms with Gasteiger partial charge in [0, 0.05) is 24.5 Å². The van der Waals surface area contributed by atoms with Crippen molar-refractivity contribution in [3.05, 3.63) is 59.7 Å². The van der Waals surface area contributed by atoms with E-state index in [1.54, 1.807) is 48.5 Å². The highest BCUT2D eigenvalue weighted by molar-refractivity contribution is 5.92. The first-order chi connectivity index (χ1) is 21.3. The van der Waals surface area contributed by atoms with E-state index in [1.165, 1.54) is 0 Å². The standard InChI is InChI=1S/C32H42N4O8.ClH/c1-5-35(6-2)19-23-41-29(37)25-11-15-27(16-12-25)33-31(39)43-21-9-10-22-44-32(40)34-28-17-13-26(14-18-28)30(38)42-24-20-36(7-3)8-4;/h11-18H,5-8,19-24H2,1-4H3,(H,33,39)(H,34,40);1H. The SMILES string of the molecule is CCN(CC)CCOC(=O)c1ccc(NC(=O)OCC#CCOC(=O)Nc2ccc(C(=O)OCCN(CC)CC)cc2)cc1.Cl. The van der Waals surface area contributed by atoms with Gasteiger partial charge in [0.05, 0.1) is 11.1 Å². The number of benzene rings is 2. The highest BCUT2D eigenvalue weighted by Crippen LogP contribution is 2.12. The van der Waals surface area contributed by atoms with Crippen LogP contribution >= 0.6 is 12.4 Å². The van der Waals surface area contributed by atoms with E-state index in [4.69, 9.17) is 18.9 Å². The van der Waals surface area contributed by atoms with Gasteiger partial charge in [-0.25, -0.2) is 19.2 Å². The van der Waals surface area contributed by atoms with Crippen molar-refractivity contribution in [3.63, 3.8) is 0 Å². The average Bonchev–Trinajstić information content (AvgIpc) is 3.03. The number of nitrogens with zero attached hydrogens (tertiary/aromatic N) is 2.